The van der Waals surface area contributed by atoms with Crippen LogP contribution >= 0.6 is 15.9 Å². The highest BCUT2D eigenvalue weighted by Crippen LogP contribution is 2.24. The second-order valence-corrected chi connectivity index (χ2v) is 4.37. The predicted octanol–water partition coefficient (Wildman–Crippen LogP) is 2.64. The molecule has 0 fully saturated rings. The zero-order valence-electron chi connectivity index (χ0n) is 9.71. The Balaban J connectivity index is 3.10. The number of hydrogen-bond donors (Lipinski definition) is 1. The van der Waals surface area contributed by atoms with Gasteiger partial charge in [0, 0.05) is 4.47 Å². The van der Waals surface area contributed by atoms with E-state index in [9.17, 15) is 4.79 Å². The first-order chi connectivity index (χ1) is 7.63. The molecule has 4 heteroatoms. The number of halogens is 1. The molecule has 0 aromatic heterocycles. The van der Waals surface area contributed by atoms with Crippen molar-refractivity contribution in [3.63, 3.8) is 0 Å². The van der Waals surface area contributed by atoms with Crippen LogP contribution in [0.3, 0.4) is 0 Å². The highest BCUT2D eigenvalue weighted by molar-refractivity contribution is 9.10. The Morgan fingerprint density at radius 2 is 2.25 bits per heavy atom. The van der Waals surface area contributed by atoms with E-state index < -0.39 is 0 Å². The van der Waals surface area contributed by atoms with Crippen molar-refractivity contribution in [1.29, 1.82) is 0 Å². The molecule has 1 rings (SSSR count). The topological polar surface area (TPSA) is 38.3 Å². The van der Waals surface area contributed by atoms with Gasteiger partial charge in [-0.1, -0.05) is 22.9 Å². The number of nitrogens with one attached hydrogen (secondary N) is 1. The van der Waals surface area contributed by atoms with Gasteiger partial charge in [-0.3, -0.25) is 4.79 Å². The van der Waals surface area contributed by atoms with Crippen LogP contribution < -0.4 is 10.1 Å². The van der Waals surface area contributed by atoms with E-state index in [2.05, 4.69) is 21.2 Å². The Bertz CT molecular complexity index is 375. The smallest absolute Gasteiger partial charge is 0.183 e. The molecule has 0 aliphatic heterocycles. The minimum atomic E-state index is -0.164. The second kappa shape index (κ2) is 6.01. The monoisotopic (exact) mass is 285 g/mol. The lowest BCUT2D eigenvalue weighted by molar-refractivity contribution is 0.0942. The normalized spacial score (nSPS) is 12.2. The average Bonchev–Trinajstić information content (AvgIpc) is 2.30. The molecule has 1 aromatic rings. The Morgan fingerprint density at radius 3 is 2.75 bits per heavy atom. The van der Waals surface area contributed by atoms with Crippen LogP contribution in [0.1, 0.15) is 23.7 Å². The van der Waals surface area contributed by atoms with Crippen LogP contribution in [-0.4, -0.2) is 26.0 Å². The maximum Gasteiger partial charge on any atom is 0.183 e. The van der Waals surface area contributed by atoms with Crippen molar-refractivity contribution in [1.82, 2.24) is 5.32 Å². The molecule has 0 aliphatic rings. The highest BCUT2D eigenvalue weighted by Gasteiger charge is 2.20. The summed E-state index contributed by atoms with van der Waals surface area (Å²) < 4.78 is 6.07. The van der Waals surface area contributed by atoms with Crippen LogP contribution in [0.5, 0.6) is 5.75 Å². The van der Waals surface area contributed by atoms with Crippen LogP contribution in [0, 0.1) is 0 Å². The van der Waals surface area contributed by atoms with Gasteiger partial charge in [0.25, 0.3) is 0 Å². The first-order valence-electron chi connectivity index (χ1n) is 5.19. The maximum atomic E-state index is 12.2. The molecule has 0 saturated carbocycles. The van der Waals surface area contributed by atoms with E-state index in [-0.39, 0.29) is 11.8 Å². The van der Waals surface area contributed by atoms with Gasteiger partial charge in [0.2, 0.25) is 0 Å². The number of benzene rings is 1. The minimum absolute atomic E-state index is 0.0585. The van der Waals surface area contributed by atoms with Gasteiger partial charge in [-0.05, 0) is 31.7 Å². The van der Waals surface area contributed by atoms with Crippen molar-refractivity contribution in [2.45, 2.75) is 19.4 Å². The molecule has 0 radical (unpaired) electrons. The number of carbonyl (C=O) groups excluding carboxylic acids is 1. The van der Waals surface area contributed by atoms with Crippen LogP contribution in [0.25, 0.3) is 0 Å². The number of ether oxygens (including phenoxy) is 1. The minimum Gasteiger partial charge on any atom is -0.496 e. The molecule has 88 valence electrons. The van der Waals surface area contributed by atoms with Gasteiger partial charge >= 0.3 is 0 Å². The van der Waals surface area contributed by atoms with E-state index in [0.717, 1.165) is 10.9 Å². The molecular weight excluding hydrogens is 270 g/mol. The van der Waals surface area contributed by atoms with Crippen molar-refractivity contribution in [2.75, 3.05) is 14.2 Å². The van der Waals surface area contributed by atoms with Gasteiger partial charge < -0.3 is 10.1 Å². The molecule has 3 nitrogen and oxygen atoms in total. The standard InChI is InChI=1S/C12H16BrNO2/c1-4-10(14-2)12(15)9-7-8(13)5-6-11(9)16-3/h5-7,10,14H,4H2,1-3H3. The van der Waals surface area contributed by atoms with E-state index in [4.69, 9.17) is 4.74 Å². The molecule has 0 aliphatic carbocycles. The summed E-state index contributed by atoms with van der Waals surface area (Å²) in [7, 11) is 3.36. The molecule has 1 atom stereocenters. The van der Waals surface area contributed by atoms with Crippen molar-refractivity contribution in [3.8, 4) is 5.75 Å². The molecular formula is C12H16BrNO2. The van der Waals surface area contributed by atoms with Crippen molar-refractivity contribution in [3.05, 3.63) is 28.2 Å². The third kappa shape index (κ3) is 2.83. The predicted molar refractivity (Wildman–Crippen MR) is 68.2 cm³/mol. The van der Waals surface area contributed by atoms with Gasteiger partial charge in [-0.2, -0.15) is 0 Å². The molecule has 0 saturated heterocycles. The molecule has 1 aromatic carbocycles. The zero-order chi connectivity index (χ0) is 12.1. The number of ketones is 1. The average molecular weight is 286 g/mol. The fraction of sp³-hybridized carbons (Fsp3) is 0.417. The fourth-order valence-electron chi connectivity index (χ4n) is 1.58. The summed E-state index contributed by atoms with van der Waals surface area (Å²) in [6.45, 7) is 1.98. The van der Waals surface area contributed by atoms with Crippen LogP contribution in [0.15, 0.2) is 22.7 Å². The van der Waals surface area contributed by atoms with Crippen molar-refractivity contribution in [2.24, 2.45) is 0 Å². The van der Waals surface area contributed by atoms with Gasteiger partial charge in [-0.15, -0.1) is 0 Å². The lowest BCUT2D eigenvalue weighted by atomic mass is 10.0. The van der Waals surface area contributed by atoms with Gasteiger partial charge in [0.05, 0.1) is 18.7 Å². The zero-order valence-corrected chi connectivity index (χ0v) is 11.3. The molecule has 0 heterocycles. The quantitative estimate of drug-likeness (QED) is 0.846. The van der Waals surface area contributed by atoms with E-state index >= 15 is 0 Å². The van der Waals surface area contributed by atoms with E-state index in [1.54, 1.807) is 26.3 Å². The van der Waals surface area contributed by atoms with Gasteiger partial charge in [0.15, 0.2) is 5.78 Å². The Labute approximate surface area is 104 Å². The Kier molecular flexibility index (Phi) is 4.96. The number of Topliss-reactive ketones (excluding diaryl/α,β-unsaturated/α-hetero) is 1. The number of likely N-dealkylation sites (N-methyl/N-ethyl adjacent to an activating group) is 1. The molecule has 0 bridgehead atoms. The Morgan fingerprint density at radius 1 is 1.56 bits per heavy atom. The maximum absolute atomic E-state index is 12.2. The summed E-state index contributed by atoms with van der Waals surface area (Å²) >= 11 is 3.36. The first kappa shape index (κ1) is 13.2. The lowest BCUT2D eigenvalue weighted by Gasteiger charge is -2.15. The summed E-state index contributed by atoms with van der Waals surface area (Å²) in [4.78, 5) is 12.2. The molecule has 1 unspecified atom stereocenters. The summed E-state index contributed by atoms with van der Waals surface area (Å²) in [5, 5.41) is 3.00. The molecule has 1 N–H and O–H groups in total. The molecule has 16 heavy (non-hydrogen) atoms. The van der Waals surface area contributed by atoms with E-state index in [0.29, 0.717) is 11.3 Å². The highest BCUT2D eigenvalue weighted by atomic mass is 79.9. The number of rotatable bonds is 5. The number of carbonyl (C=O) groups is 1. The van der Waals surface area contributed by atoms with Gasteiger partial charge in [0.1, 0.15) is 5.75 Å². The third-order valence-electron chi connectivity index (χ3n) is 2.50. The number of hydrogen-bond acceptors (Lipinski definition) is 3. The molecule has 0 spiro atoms. The first-order valence-corrected chi connectivity index (χ1v) is 5.98. The summed E-state index contributed by atoms with van der Waals surface area (Å²) in [5.74, 6) is 0.671. The SMILES string of the molecule is CCC(NC)C(=O)c1cc(Br)ccc1OC. The lowest BCUT2D eigenvalue weighted by Crippen LogP contribution is -2.33. The van der Waals surface area contributed by atoms with Crippen LogP contribution in [0.2, 0.25) is 0 Å². The molecule has 0 amide bonds. The van der Waals surface area contributed by atoms with Crippen molar-refractivity contribution >= 4 is 21.7 Å². The summed E-state index contributed by atoms with van der Waals surface area (Å²) in [6, 6.07) is 5.28. The largest absolute Gasteiger partial charge is 0.496 e. The van der Waals surface area contributed by atoms with Crippen LogP contribution in [-0.2, 0) is 0 Å². The van der Waals surface area contributed by atoms with Crippen LogP contribution in [0.4, 0.5) is 0 Å². The fourth-order valence-corrected chi connectivity index (χ4v) is 1.94. The van der Waals surface area contributed by atoms with E-state index in [1.807, 2.05) is 13.0 Å². The number of methoxy groups -OCH3 is 1. The van der Waals surface area contributed by atoms with Crippen molar-refractivity contribution < 1.29 is 9.53 Å². The van der Waals surface area contributed by atoms with Gasteiger partial charge in [-0.25, -0.2) is 0 Å². The summed E-state index contributed by atoms with van der Waals surface area (Å²) in [6.07, 6.45) is 0.755. The second-order valence-electron chi connectivity index (χ2n) is 3.46. The third-order valence-corrected chi connectivity index (χ3v) is 2.99. The Hall–Kier alpha value is -0.870. The van der Waals surface area contributed by atoms with E-state index in [1.165, 1.54) is 0 Å². The summed E-state index contributed by atoms with van der Waals surface area (Å²) in [5.41, 5.74) is 0.609.